The number of Topliss-reactive ketones (excluding diaryl/α,β-unsaturated/α-hetero) is 1. The van der Waals surface area contributed by atoms with E-state index in [1.54, 1.807) is 6.20 Å². The molecule has 6 nitrogen and oxygen atoms in total. The summed E-state index contributed by atoms with van der Waals surface area (Å²) in [5, 5.41) is 12.2. The number of azo groups is 1. The maximum absolute atomic E-state index is 13.6. The number of carbonyl (C=O) groups is 1. The van der Waals surface area contributed by atoms with Crippen molar-refractivity contribution < 1.29 is 4.79 Å². The zero-order valence-corrected chi connectivity index (χ0v) is 19.1. The highest BCUT2D eigenvalue weighted by atomic mass is 16.1. The topological polar surface area (TPSA) is 70.0 Å². The number of anilines is 2. The van der Waals surface area contributed by atoms with Crippen LogP contribution in [0, 0.1) is 5.41 Å². The van der Waals surface area contributed by atoms with Crippen LogP contribution in [0.3, 0.4) is 0 Å². The Morgan fingerprint density at radius 2 is 2.00 bits per heavy atom. The van der Waals surface area contributed by atoms with Crippen LogP contribution >= 0.6 is 0 Å². The number of carbonyl (C=O) groups excluding carboxylic acids is 1. The van der Waals surface area contributed by atoms with E-state index in [4.69, 9.17) is 0 Å². The number of hydrogen-bond donors (Lipinski definition) is 1. The van der Waals surface area contributed by atoms with Gasteiger partial charge >= 0.3 is 0 Å². The summed E-state index contributed by atoms with van der Waals surface area (Å²) in [6.07, 6.45) is 5.59. The molecule has 0 amide bonds. The summed E-state index contributed by atoms with van der Waals surface area (Å²) in [7, 11) is 2.02. The predicted molar refractivity (Wildman–Crippen MR) is 126 cm³/mol. The first-order valence-corrected chi connectivity index (χ1v) is 11.2. The van der Waals surface area contributed by atoms with Crippen molar-refractivity contribution in [3.63, 3.8) is 0 Å². The molecule has 3 aliphatic rings. The Balaban J connectivity index is 1.68. The summed E-state index contributed by atoms with van der Waals surface area (Å²) in [4.78, 5) is 20.2. The van der Waals surface area contributed by atoms with Crippen molar-refractivity contribution >= 4 is 17.3 Å². The van der Waals surface area contributed by atoms with Crippen LogP contribution in [0.25, 0.3) is 0 Å². The van der Waals surface area contributed by atoms with Gasteiger partial charge in [0.25, 0.3) is 0 Å². The van der Waals surface area contributed by atoms with Gasteiger partial charge in [0.15, 0.2) is 11.9 Å². The van der Waals surface area contributed by atoms with Crippen LogP contribution in [0.1, 0.15) is 45.6 Å². The molecule has 1 aliphatic carbocycles. The third kappa shape index (κ3) is 3.08. The molecule has 0 saturated heterocycles. The SMILES string of the molecule is CC[C@@]1(c2cccc(N(C)c3ccccn3)c2)C2=CN=NC2NC2=C1C(=O)CC(C)(C)C2. The first-order valence-electron chi connectivity index (χ1n) is 11.2. The number of pyridine rings is 1. The molecule has 5 rings (SSSR count). The Labute approximate surface area is 189 Å². The molecule has 164 valence electrons. The predicted octanol–water partition coefficient (Wildman–Crippen LogP) is 5.42. The lowest BCUT2D eigenvalue weighted by Crippen LogP contribution is -2.51. The van der Waals surface area contributed by atoms with Crippen LogP contribution in [-0.4, -0.2) is 24.0 Å². The second-order valence-corrected chi connectivity index (χ2v) is 9.71. The minimum Gasteiger partial charge on any atom is -0.362 e. The highest BCUT2D eigenvalue weighted by Gasteiger charge is 2.53. The molecular weight excluding hydrogens is 398 g/mol. The number of hydrogen-bond acceptors (Lipinski definition) is 6. The van der Waals surface area contributed by atoms with Crippen LogP contribution in [-0.2, 0) is 10.2 Å². The normalized spacial score (nSPS) is 25.7. The van der Waals surface area contributed by atoms with Crippen LogP contribution in [0.15, 0.2) is 81.9 Å². The number of nitrogens with one attached hydrogen (secondary N) is 1. The third-order valence-corrected chi connectivity index (χ3v) is 7.03. The largest absolute Gasteiger partial charge is 0.362 e. The molecular formula is C26H29N5O. The van der Waals surface area contributed by atoms with E-state index in [2.05, 4.69) is 70.5 Å². The van der Waals surface area contributed by atoms with E-state index in [1.807, 2.05) is 31.4 Å². The Hall–Kier alpha value is -3.28. The van der Waals surface area contributed by atoms with Gasteiger partial charge in [-0.3, -0.25) is 4.79 Å². The Morgan fingerprint density at radius 3 is 2.75 bits per heavy atom. The average molecular weight is 428 g/mol. The van der Waals surface area contributed by atoms with Crippen LogP contribution < -0.4 is 10.2 Å². The molecule has 2 aliphatic heterocycles. The molecule has 1 aromatic carbocycles. The fourth-order valence-electron chi connectivity index (χ4n) is 5.55. The smallest absolute Gasteiger partial charge is 0.164 e. The lowest BCUT2D eigenvalue weighted by atomic mass is 9.59. The van der Waals surface area contributed by atoms with Gasteiger partial charge in [0.1, 0.15) is 5.82 Å². The summed E-state index contributed by atoms with van der Waals surface area (Å²) in [5.41, 5.74) is 4.51. The number of allylic oxidation sites excluding steroid dienone is 2. The van der Waals surface area contributed by atoms with Gasteiger partial charge in [-0.25, -0.2) is 4.98 Å². The van der Waals surface area contributed by atoms with Gasteiger partial charge in [0.2, 0.25) is 0 Å². The van der Waals surface area contributed by atoms with Crippen molar-refractivity contribution in [1.82, 2.24) is 10.3 Å². The van der Waals surface area contributed by atoms with Crippen molar-refractivity contribution in [2.45, 2.75) is 51.6 Å². The second-order valence-electron chi connectivity index (χ2n) is 9.71. The summed E-state index contributed by atoms with van der Waals surface area (Å²) in [6, 6.07) is 14.4. The highest BCUT2D eigenvalue weighted by molar-refractivity contribution is 6.01. The van der Waals surface area contributed by atoms with E-state index in [1.165, 1.54) is 0 Å². The average Bonchev–Trinajstić information content (AvgIpc) is 3.25. The van der Waals surface area contributed by atoms with Gasteiger partial charge in [-0.05, 0) is 48.1 Å². The lowest BCUT2D eigenvalue weighted by molar-refractivity contribution is -0.119. The fraction of sp³-hybridized carbons (Fsp3) is 0.385. The maximum Gasteiger partial charge on any atom is 0.164 e. The van der Waals surface area contributed by atoms with Crippen molar-refractivity contribution in [2.24, 2.45) is 15.6 Å². The quantitative estimate of drug-likeness (QED) is 0.707. The lowest BCUT2D eigenvalue weighted by Gasteiger charge is -2.48. The highest BCUT2D eigenvalue weighted by Crippen LogP contribution is 2.54. The first kappa shape index (κ1) is 20.6. The van der Waals surface area contributed by atoms with Crippen molar-refractivity contribution in [3.05, 3.63) is 77.3 Å². The summed E-state index contributed by atoms with van der Waals surface area (Å²) in [6.45, 7) is 6.48. The van der Waals surface area contributed by atoms with E-state index < -0.39 is 5.41 Å². The summed E-state index contributed by atoms with van der Waals surface area (Å²) in [5.74, 6) is 1.10. The molecule has 0 fully saturated rings. The zero-order valence-electron chi connectivity index (χ0n) is 19.1. The molecule has 6 heteroatoms. The van der Waals surface area contributed by atoms with Gasteiger partial charge in [-0.2, -0.15) is 10.2 Å². The number of ketones is 1. The molecule has 32 heavy (non-hydrogen) atoms. The van der Waals surface area contributed by atoms with Crippen molar-refractivity contribution in [3.8, 4) is 0 Å². The molecule has 3 heterocycles. The monoisotopic (exact) mass is 427 g/mol. The molecule has 0 bridgehead atoms. The number of rotatable bonds is 4. The zero-order chi connectivity index (χ0) is 22.5. The maximum atomic E-state index is 13.6. The number of nitrogens with zero attached hydrogens (tertiary/aromatic N) is 4. The van der Waals surface area contributed by atoms with Crippen molar-refractivity contribution in [2.75, 3.05) is 11.9 Å². The Kier molecular flexibility index (Phi) is 4.77. The molecule has 0 saturated carbocycles. The summed E-state index contributed by atoms with van der Waals surface area (Å²) < 4.78 is 0. The molecule has 2 atom stereocenters. The third-order valence-electron chi connectivity index (χ3n) is 7.03. The molecule has 1 aromatic heterocycles. The van der Waals surface area contributed by atoms with Gasteiger partial charge in [0, 0.05) is 42.2 Å². The van der Waals surface area contributed by atoms with E-state index in [0.29, 0.717) is 6.42 Å². The molecule has 2 aromatic rings. The van der Waals surface area contributed by atoms with Gasteiger partial charge in [-0.15, -0.1) is 0 Å². The van der Waals surface area contributed by atoms with Crippen LogP contribution in [0.5, 0.6) is 0 Å². The van der Waals surface area contributed by atoms with Gasteiger partial charge < -0.3 is 10.2 Å². The minimum absolute atomic E-state index is 0.0690. The van der Waals surface area contributed by atoms with Gasteiger partial charge in [0.05, 0.1) is 11.6 Å². The van der Waals surface area contributed by atoms with Crippen molar-refractivity contribution in [1.29, 1.82) is 0 Å². The van der Waals surface area contributed by atoms with E-state index >= 15 is 0 Å². The Morgan fingerprint density at radius 1 is 1.16 bits per heavy atom. The standard InChI is InChI=1S/C26H29N5O/c1-5-26(17-9-8-10-18(13-17)31(4)22-11-6-7-12-27-22)19-16-28-30-24(19)29-20-14-25(2,3)15-21(32)23(20)26/h6-13,16,24,29H,5,14-15H2,1-4H3/t24?,26-/m1/s1. The first-order chi connectivity index (χ1) is 15.4. The molecule has 1 N–H and O–H groups in total. The molecule has 0 spiro atoms. The molecule has 1 unspecified atom stereocenters. The van der Waals surface area contributed by atoms with E-state index in [9.17, 15) is 4.79 Å². The van der Waals surface area contributed by atoms with Crippen LogP contribution in [0.4, 0.5) is 11.5 Å². The Bertz CT molecular complexity index is 1160. The number of fused-ring (bicyclic) bond motifs is 1. The van der Waals surface area contributed by atoms with Gasteiger partial charge in [-0.1, -0.05) is 39.0 Å². The number of benzene rings is 1. The van der Waals surface area contributed by atoms with E-state index in [0.717, 1.165) is 46.8 Å². The minimum atomic E-state index is -0.538. The second kappa shape index (κ2) is 7.40. The van der Waals surface area contributed by atoms with Crippen LogP contribution in [0.2, 0.25) is 0 Å². The van der Waals surface area contributed by atoms with E-state index in [-0.39, 0.29) is 17.4 Å². The fourth-order valence-corrected chi connectivity index (χ4v) is 5.55. The summed E-state index contributed by atoms with van der Waals surface area (Å²) >= 11 is 0. The molecule has 0 radical (unpaired) electrons. The number of aromatic nitrogens is 1.